The van der Waals surface area contributed by atoms with Gasteiger partial charge in [0.2, 0.25) is 5.91 Å². The molecule has 2 aliphatic rings. The number of carbonyl (C=O) groups is 2. The average Bonchev–Trinajstić information content (AvgIpc) is 3.09. The van der Waals surface area contributed by atoms with E-state index in [0.29, 0.717) is 11.4 Å². The molecule has 2 bridgehead atoms. The lowest BCUT2D eigenvalue weighted by molar-refractivity contribution is -0.122. The average molecular weight is 410 g/mol. The molecule has 0 aromatic heterocycles. The fourth-order valence-electron chi connectivity index (χ4n) is 3.76. The van der Waals surface area contributed by atoms with Gasteiger partial charge in [-0.1, -0.05) is 15.9 Å². The number of rotatable bonds is 2. The molecular weight excluding hydrogens is 386 g/mol. The van der Waals surface area contributed by atoms with E-state index in [1.54, 1.807) is 17.0 Å². The van der Waals surface area contributed by atoms with Crippen LogP contribution in [0.5, 0.6) is 0 Å². The van der Waals surface area contributed by atoms with Crippen molar-refractivity contribution in [3.05, 3.63) is 22.7 Å². The summed E-state index contributed by atoms with van der Waals surface area (Å²) in [5, 5.41) is 2.88. The van der Waals surface area contributed by atoms with Crippen LogP contribution in [0, 0.1) is 5.92 Å². The first-order chi connectivity index (χ1) is 11.7. The van der Waals surface area contributed by atoms with Gasteiger partial charge in [0.15, 0.2) is 0 Å². The van der Waals surface area contributed by atoms with Crippen molar-refractivity contribution in [3.8, 4) is 0 Å². The molecule has 1 aromatic rings. The molecule has 0 radical (unpaired) electrons. The smallest absolute Gasteiger partial charge is 0.411 e. The number of nitrogens with one attached hydrogen (secondary N) is 1. The number of amides is 2. The fraction of sp³-hybridized carbons (Fsp3) is 0.556. The predicted molar refractivity (Wildman–Crippen MR) is 100 cm³/mol. The summed E-state index contributed by atoms with van der Waals surface area (Å²) in [6, 6.07) is 4.89. The summed E-state index contributed by atoms with van der Waals surface area (Å²) < 4.78 is 6.37. The Morgan fingerprint density at radius 3 is 2.68 bits per heavy atom. The number of nitrogens with two attached hydrogens (primary N) is 1. The number of benzene rings is 1. The molecule has 3 rings (SSSR count). The van der Waals surface area contributed by atoms with Crippen LogP contribution in [0.25, 0.3) is 0 Å². The fourth-order valence-corrected chi connectivity index (χ4v) is 4.14. The zero-order valence-corrected chi connectivity index (χ0v) is 16.3. The van der Waals surface area contributed by atoms with Gasteiger partial charge < -0.3 is 15.8 Å². The SMILES string of the molecule is CC(C)(C)OC(=O)N1C2CC[C@@H](C2)[C@H]1C(=O)Nc1ccc(Br)cc1N. The highest BCUT2D eigenvalue weighted by molar-refractivity contribution is 9.10. The van der Waals surface area contributed by atoms with Crippen LogP contribution in [0.2, 0.25) is 0 Å². The van der Waals surface area contributed by atoms with E-state index in [4.69, 9.17) is 10.5 Å². The number of nitrogen functional groups attached to an aromatic ring is 1. The number of carbonyl (C=O) groups excluding carboxylic acids is 2. The van der Waals surface area contributed by atoms with Crippen LogP contribution in [0.1, 0.15) is 40.0 Å². The number of piperidine rings is 1. The van der Waals surface area contributed by atoms with E-state index in [-0.39, 0.29) is 17.9 Å². The largest absolute Gasteiger partial charge is 0.444 e. The first kappa shape index (κ1) is 18.0. The second-order valence-electron chi connectivity index (χ2n) is 7.78. The van der Waals surface area contributed by atoms with Crippen LogP contribution in [-0.2, 0) is 9.53 Å². The predicted octanol–water partition coefficient (Wildman–Crippen LogP) is 3.76. The Morgan fingerprint density at radius 2 is 2.04 bits per heavy atom. The molecule has 1 heterocycles. The van der Waals surface area contributed by atoms with Crippen molar-refractivity contribution in [2.75, 3.05) is 11.1 Å². The summed E-state index contributed by atoms with van der Waals surface area (Å²) in [4.78, 5) is 27.1. The van der Waals surface area contributed by atoms with Crippen LogP contribution in [0.4, 0.5) is 16.2 Å². The van der Waals surface area contributed by atoms with E-state index in [1.807, 2.05) is 26.8 Å². The van der Waals surface area contributed by atoms with Crippen LogP contribution in [0.15, 0.2) is 22.7 Å². The minimum Gasteiger partial charge on any atom is -0.444 e. The maximum Gasteiger partial charge on any atom is 0.411 e. The number of ether oxygens (including phenoxy) is 1. The number of likely N-dealkylation sites (tertiary alicyclic amines) is 1. The Morgan fingerprint density at radius 1 is 1.32 bits per heavy atom. The lowest BCUT2D eigenvalue weighted by atomic mass is 9.98. The Labute approximate surface area is 156 Å². The third kappa shape index (κ3) is 3.76. The molecule has 3 atom stereocenters. The molecular formula is C18H24BrN3O3. The van der Waals surface area contributed by atoms with Crippen molar-refractivity contribution in [1.82, 2.24) is 4.90 Å². The zero-order chi connectivity index (χ0) is 18.4. The summed E-state index contributed by atoms with van der Waals surface area (Å²) in [5.41, 5.74) is 6.42. The molecule has 1 aliphatic carbocycles. The highest BCUT2D eigenvalue weighted by atomic mass is 79.9. The Bertz CT molecular complexity index is 701. The third-order valence-electron chi connectivity index (χ3n) is 4.73. The molecule has 1 aliphatic heterocycles. The molecule has 3 N–H and O–H groups in total. The number of hydrogen-bond donors (Lipinski definition) is 2. The number of fused-ring (bicyclic) bond motifs is 2. The Balaban J connectivity index is 1.78. The van der Waals surface area contributed by atoms with E-state index in [0.717, 1.165) is 23.7 Å². The Kier molecular flexibility index (Phi) is 4.70. The number of anilines is 2. The highest BCUT2D eigenvalue weighted by Crippen LogP contribution is 2.43. The van der Waals surface area contributed by atoms with Crippen LogP contribution < -0.4 is 11.1 Å². The van der Waals surface area contributed by atoms with Crippen molar-refractivity contribution in [2.45, 2.75) is 57.7 Å². The van der Waals surface area contributed by atoms with E-state index in [1.165, 1.54) is 0 Å². The van der Waals surface area contributed by atoms with Gasteiger partial charge in [0.1, 0.15) is 11.6 Å². The number of nitrogens with zero attached hydrogens (tertiary/aromatic N) is 1. The first-order valence-corrected chi connectivity index (χ1v) is 9.32. The first-order valence-electron chi connectivity index (χ1n) is 8.53. The Hall–Kier alpha value is -1.76. The maximum absolute atomic E-state index is 12.9. The van der Waals surface area contributed by atoms with Gasteiger partial charge in [-0.05, 0) is 64.2 Å². The molecule has 1 aromatic carbocycles. The number of hydrogen-bond acceptors (Lipinski definition) is 4. The summed E-state index contributed by atoms with van der Waals surface area (Å²) >= 11 is 3.35. The second-order valence-corrected chi connectivity index (χ2v) is 8.70. The quantitative estimate of drug-likeness (QED) is 0.728. The van der Waals surface area contributed by atoms with Gasteiger partial charge in [0.05, 0.1) is 11.4 Å². The molecule has 0 spiro atoms. The highest BCUT2D eigenvalue weighted by Gasteiger charge is 2.52. The van der Waals surface area contributed by atoms with Crippen LogP contribution >= 0.6 is 15.9 Å². The van der Waals surface area contributed by atoms with Gasteiger partial charge in [-0.2, -0.15) is 0 Å². The van der Waals surface area contributed by atoms with Crippen molar-refractivity contribution >= 4 is 39.3 Å². The molecule has 1 saturated carbocycles. The van der Waals surface area contributed by atoms with E-state index >= 15 is 0 Å². The zero-order valence-electron chi connectivity index (χ0n) is 14.7. The molecule has 1 saturated heterocycles. The van der Waals surface area contributed by atoms with Gasteiger partial charge in [0, 0.05) is 10.5 Å². The van der Waals surface area contributed by atoms with Crippen molar-refractivity contribution < 1.29 is 14.3 Å². The van der Waals surface area contributed by atoms with Crippen molar-refractivity contribution in [3.63, 3.8) is 0 Å². The van der Waals surface area contributed by atoms with Crippen molar-refractivity contribution in [1.29, 1.82) is 0 Å². The van der Waals surface area contributed by atoms with Gasteiger partial charge in [0.25, 0.3) is 0 Å². The summed E-state index contributed by atoms with van der Waals surface area (Å²) in [6.07, 6.45) is 2.32. The van der Waals surface area contributed by atoms with Gasteiger partial charge >= 0.3 is 6.09 Å². The molecule has 7 heteroatoms. The minimum atomic E-state index is -0.587. The van der Waals surface area contributed by atoms with Crippen LogP contribution in [0.3, 0.4) is 0 Å². The van der Waals surface area contributed by atoms with E-state index in [9.17, 15) is 9.59 Å². The van der Waals surface area contributed by atoms with Crippen LogP contribution in [-0.4, -0.2) is 34.6 Å². The third-order valence-corrected chi connectivity index (χ3v) is 5.22. The molecule has 25 heavy (non-hydrogen) atoms. The van der Waals surface area contributed by atoms with Gasteiger partial charge in [-0.25, -0.2) is 4.79 Å². The standard InChI is InChI=1S/C18H24BrN3O3/c1-18(2,3)25-17(24)22-12-6-4-10(8-12)15(22)16(23)21-14-7-5-11(19)9-13(14)20/h5,7,9-10,12,15H,4,6,8,20H2,1-3H3,(H,21,23)/t10-,12?,15-/m0/s1. The monoisotopic (exact) mass is 409 g/mol. The maximum atomic E-state index is 12.9. The summed E-state index contributed by atoms with van der Waals surface area (Å²) in [7, 11) is 0. The van der Waals surface area contributed by atoms with E-state index < -0.39 is 17.7 Å². The minimum absolute atomic E-state index is 0.0814. The molecule has 6 nitrogen and oxygen atoms in total. The summed E-state index contributed by atoms with van der Waals surface area (Å²) in [5.74, 6) is -0.0266. The lowest BCUT2D eigenvalue weighted by Gasteiger charge is -2.35. The van der Waals surface area contributed by atoms with Gasteiger partial charge in [-0.15, -0.1) is 0 Å². The van der Waals surface area contributed by atoms with Crippen molar-refractivity contribution in [2.24, 2.45) is 5.92 Å². The topological polar surface area (TPSA) is 84.7 Å². The lowest BCUT2D eigenvalue weighted by Crippen LogP contribution is -2.52. The molecule has 1 unspecified atom stereocenters. The molecule has 136 valence electrons. The van der Waals surface area contributed by atoms with E-state index in [2.05, 4.69) is 21.2 Å². The van der Waals surface area contributed by atoms with Gasteiger partial charge in [-0.3, -0.25) is 9.69 Å². The normalized spacial score (nSPS) is 25.1. The summed E-state index contributed by atoms with van der Waals surface area (Å²) in [6.45, 7) is 5.49. The molecule has 2 amide bonds. The second kappa shape index (κ2) is 6.52. The molecule has 2 fully saturated rings. The number of halogens is 1.